The highest BCUT2D eigenvalue weighted by Gasteiger charge is 2.15. The Labute approximate surface area is 186 Å². The number of thiophene rings is 1. The second-order valence-corrected chi connectivity index (χ2v) is 8.22. The molecule has 4 rings (SSSR count). The number of nitrogens with two attached hydrogens (primary N) is 1. The molecule has 3 N–H and O–H groups in total. The minimum absolute atomic E-state index is 0.0273. The summed E-state index contributed by atoms with van der Waals surface area (Å²) < 4.78 is 1.01. The molecule has 0 saturated heterocycles. The molecule has 4 aromatic rings. The van der Waals surface area contributed by atoms with Crippen LogP contribution in [-0.4, -0.2) is 27.5 Å². The molecule has 0 spiro atoms. The summed E-state index contributed by atoms with van der Waals surface area (Å²) in [6, 6.07) is 14.1. The van der Waals surface area contributed by atoms with Gasteiger partial charge in [0.2, 0.25) is 0 Å². The maximum Gasteiger partial charge on any atom is 0.162 e. The number of benzene rings is 1. The Balaban J connectivity index is 1.64. The zero-order valence-corrected chi connectivity index (χ0v) is 18.3. The Hall–Kier alpha value is -3.27. The number of nitrogens with zero attached hydrogens (tertiary/aromatic N) is 3. The fourth-order valence-corrected chi connectivity index (χ4v) is 4.16. The minimum Gasteiger partial charge on any atom is -0.367 e. The lowest BCUT2D eigenvalue weighted by Gasteiger charge is -2.14. The molecule has 0 amide bonds. The van der Waals surface area contributed by atoms with Crippen LogP contribution in [0.2, 0.25) is 0 Å². The van der Waals surface area contributed by atoms with Gasteiger partial charge in [-0.25, -0.2) is 9.97 Å². The molecular weight excluding hydrogens is 402 g/mol. The summed E-state index contributed by atoms with van der Waals surface area (Å²) >= 11 is 1.61. The average molecular weight is 428 g/mol. The van der Waals surface area contributed by atoms with Crippen LogP contribution in [0, 0.1) is 11.8 Å². The van der Waals surface area contributed by atoms with Crippen molar-refractivity contribution in [2.45, 2.75) is 32.2 Å². The van der Waals surface area contributed by atoms with Crippen LogP contribution in [0.1, 0.15) is 30.9 Å². The summed E-state index contributed by atoms with van der Waals surface area (Å²) in [6.45, 7) is 2.75. The third-order valence-corrected chi connectivity index (χ3v) is 5.80. The van der Waals surface area contributed by atoms with Crippen molar-refractivity contribution in [3.8, 4) is 23.2 Å². The Morgan fingerprint density at radius 2 is 1.90 bits per heavy atom. The van der Waals surface area contributed by atoms with Crippen molar-refractivity contribution in [3.05, 3.63) is 71.4 Å². The van der Waals surface area contributed by atoms with Crippen LogP contribution in [0.5, 0.6) is 0 Å². The van der Waals surface area contributed by atoms with Crippen LogP contribution in [0.15, 0.2) is 60.2 Å². The van der Waals surface area contributed by atoms with Gasteiger partial charge in [-0.15, -0.1) is 11.3 Å². The Kier molecular flexibility index (Phi) is 6.88. The minimum atomic E-state index is -0.0273. The molecule has 0 bridgehead atoms. The number of anilines is 1. The van der Waals surface area contributed by atoms with Crippen LogP contribution in [0.25, 0.3) is 21.6 Å². The first kappa shape index (κ1) is 21.0. The van der Waals surface area contributed by atoms with Crippen LogP contribution in [0.3, 0.4) is 0 Å². The largest absolute Gasteiger partial charge is 0.367 e. The van der Waals surface area contributed by atoms with Gasteiger partial charge in [-0.2, -0.15) is 0 Å². The standard InChI is InChI=1S/C25H25N5S/c1-2-3-5-10-20-17-31-23-22(20)29-24(19-11-13-27-14-12-19)30-25(23)28-16-21(26)15-18-8-6-4-7-9-18/h4,6-9,11-14,17,21H,2-3,15-16,26H2,1H3,(H,28,29,30)/t21-/m0/s1. The van der Waals surface area contributed by atoms with E-state index < -0.39 is 0 Å². The number of hydrogen-bond donors (Lipinski definition) is 2. The Morgan fingerprint density at radius 3 is 2.68 bits per heavy atom. The predicted octanol–water partition coefficient (Wildman–Crippen LogP) is 4.89. The number of unbranched alkanes of at least 4 members (excludes halogenated alkanes) is 1. The second-order valence-electron chi connectivity index (χ2n) is 7.34. The zero-order valence-electron chi connectivity index (χ0n) is 17.5. The van der Waals surface area contributed by atoms with E-state index in [0.29, 0.717) is 12.4 Å². The summed E-state index contributed by atoms with van der Waals surface area (Å²) in [6.07, 6.45) is 6.22. The lowest BCUT2D eigenvalue weighted by atomic mass is 10.1. The van der Waals surface area contributed by atoms with E-state index in [2.05, 4.69) is 46.6 Å². The van der Waals surface area contributed by atoms with E-state index in [0.717, 1.165) is 46.4 Å². The van der Waals surface area contributed by atoms with Crippen molar-refractivity contribution in [1.82, 2.24) is 15.0 Å². The van der Waals surface area contributed by atoms with Crippen molar-refractivity contribution < 1.29 is 0 Å². The maximum absolute atomic E-state index is 6.40. The highest BCUT2D eigenvalue weighted by atomic mass is 32.1. The molecule has 0 saturated carbocycles. The van der Waals surface area contributed by atoms with Gasteiger partial charge >= 0.3 is 0 Å². The van der Waals surface area contributed by atoms with Gasteiger partial charge < -0.3 is 11.1 Å². The van der Waals surface area contributed by atoms with E-state index >= 15 is 0 Å². The molecule has 0 radical (unpaired) electrons. The third-order valence-electron chi connectivity index (χ3n) is 4.82. The molecule has 156 valence electrons. The SMILES string of the molecule is CCCC#Cc1csc2c(NC[C@@H](N)Cc3ccccc3)nc(-c3ccncc3)nc12. The van der Waals surface area contributed by atoms with Crippen LogP contribution in [-0.2, 0) is 6.42 Å². The average Bonchev–Trinajstić information content (AvgIpc) is 3.22. The molecular formula is C25H25N5S. The van der Waals surface area contributed by atoms with E-state index in [-0.39, 0.29) is 6.04 Å². The van der Waals surface area contributed by atoms with Crippen molar-refractivity contribution in [3.63, 3.8) is 0 Å². The van der Waals surface area contributed by atoms with Gasteiger partial charge in [0.15, 0.2) is 5.82 Å². The fourth-order valence-electron chi connectivity index (χ4n) is 3.26. The van der Waals surface area contributed by atoms with Crippen molar-refractivity contribution in [2.75, 3.05) is 11.9 Å². The summed E-state index contributed by atoms with van der Waals surface area (Å²) in [5.74, 6) is 7.97. The van der Waals surface area contributed by atoms with Gasteiger partial charge in [-0.1, -0.05) is 49.1 Å². The first-order valence-electron chi connectivity index (χ1n) is 10.5. The van der Waals surface area contributed by atoms with Gasteiger partial charge in [0, 0.05) is 42.3 Å². The number of pyridine rings is 1. The first-order chi connectivity index (χ1) is 15.2. The normalized spacial score (nSPS) is 11.7. The predicted molar refractivity (Wildman–Crippen MR) is 129 cm³/mol. The number of nitrogens with one attached hydrogen (secondary N) is 1. The summed E-state index contributed by atoms with van der Waals surface area (Å²) in [7, 11) is 0. The van der Waals surface area contributed by atoms with Crippen LogP contribution < -0.4 is 11.1 Å². The topological polar surface area (TPSA) is 76.7 Å². The third kappa shape index (κ3) is 5.26. The molecule has 0 unspecified atom stereocenters. The van der Waals surface area contributed by atoms with E-state index in [1.165, 1.54) is 5.56 Å². The van der Waals surface area contributed by atoms with E-state index in [4.69, 9.17) is 15.7 Å². The molecule has 0 aliphatic heterocycles. The van der Waals surface area contributed by atoms with E-state index in [1.54, 1.807) is 23.7 Å². The molecule has 0 fully saturated rings. The van der Waals surface area contributed by atoms with Gasteiger partial charge in [-0.3, -0.25) is 4.98 Å². The van der Waals surface area contributed by atoms with Crippen LogP contribution in [0.4, 0.5) is 5.82 Å². The number of fused-ring (bicyclic) bond motifs is 1. The highest BCUT2D eigenvalue weighted by Crippen LogP contribution is 2.32. The molecule has 6 heteroatoms. The summed E-state index contributed by atoms with van der Waals surface area (Å²) in [5.41, 5.74) is 10.4. The molecule has 3 heterocycles. The molecule has 31 heavy (non-hydrogen) atoms. The first-order valence-corrected chi connectivity index (χ1v) is 11.3. The number of rotatable bonds is 7. The quantitative estimate of drug-likeness (QED) is 0.411. The lowest BCUT2D eigenvalue weighted by molar-refractivity contribution is 0.698. The number of aromatic nitrogens is 3. The Morgan fingerprint density at radius 1 is 1.10 bits per heavy atom. The zero-order chi connectivity index (χ0) is 21.5. The Bertz CT molecular complexity index is 1190. The van der Waals surface area contributed by atoms with Gasteiger partial charge in [-0.05, 0) is 30.5 Å². The summed E-state index contributed by atoms with van der Waals surface area (Å²) in [5, 5.41) is 5.53. The van der Waals surface area contributed by atoms with E-state index in [1.807, 2.05) is 30.3 Å². The van der Waals surface area contributed by atoms with Crippen molar-refractivity contribution in [2.24, 2.45) is 5.73 Å². The maximum atomic E-state index is 6.40. The monoisotopic (exact) mass is 427 g/mol. The van der Waals surface area contributed by atoms with Crippen molar-refractivity contribution in [1.29, 1.82) is 0 Å². The van der Waals surface area contributed by atoms with Gasteiger partial charge in [0.1, 0.15) is 11.3 Å². The second kappa shape index (κ2) is 10.2. The molecule has 0 aliphatic rings. The van der Waals surface area contributed by atoms with Gasteiger partial charge in [0.25, 0.3) is 0 Å². The molecule has 3 aromatic heterocycles. The fraction of sp³-hybridized carbons (Fsp3) is 0.240. The van der Waals surface area contributed by atoms with E-state index in [9.17, 15) is 0 Å². The smallest absolute Gasteiger partial charge is 0.162 e. The number of hydrogen-bond acceptors (Lipinski definition) is 6. The highest BCUT2D eigenvalue weighted by molar-refractivity contribution is 7.18. The van der Waals surface area contributed by atoms with Crippen molar-refractivity contribution >= 4 is 27.4 Å². The lowest BCUT2D eigenvalue weighted by Crippen LogP contribution is -2.31. The molecule has 5 nitrogen and oxygen atoms in total. The molecule has 1 aromatic carbocycles. The molecule has 1 atom stereocenters. The van der Waals surface area contributed by atoms with Crippen LogP contribution >= 0.6 is 11.3 Å². The summed E-state index contributed by atoms with van der Waals surface area (Å²) in [4.78, 5) is 13.8. The van der Waals surface area contributed by atoms with Gasteiger partial charge in [0.05, 0.1) is 10.3 Å². The molecule has 0 aliphatic carbocycles.